The van der Waals surface area contributed by atoms with E-state index in [0.717, 1.165) is 0 Å². The van der Waals surface area contributed by atoms with Gasteiger partial charge in [0.25, 0.3) is 5.91 Å². The van der Waals surface area contributed by atoms with E-state index in [1.54, 1.807) is 13.8 Å². The fraction of sp³-hybridized carbons (Fsp3) is 0.923. The number of nitrogens with one attached hydrogen (secondary N) is 1. The van der Waals surface area contributed by atoms with Crippen LogP contribution in [0.1, 0.15) is 54.4 Å². The molecule has 2 saturated heterocycles. The van der Waals surface area contributed by atoms with Gasteiger partial charge in [0.15, 0.2) is 0 Å². The molecule has 5 heteroatoms. The Labute approximate surface area is 108 Å². The summed E-state index contributed by atoms with van der Waals surface area (Å²) < 4.78 is 6.01. The third-order valence-electron chi connectivity index (χ3n) is 3.92. The Kier molecular flexibility index (Phi) is 2.65. The Bertz CT molecular complexity index is 370. The monoisotopic (exact) mass is 256 g/mol. The van der Waals surface area contributed by atoms with E-state index in [0.29, 0.717) is 12.8 Å². The second kappa shape index (κ2) is 3.46. The number of rotatable bonds is 0. The van der Waals surface area contributed by atoms with Crippen LogP contribution < -0.4 is 5.32 Å². The summed E-state index contributed by atoms with van der Waals surface area (Å²) in [7, 11) is 0. The maximum absolute atomic E-state index is 12.0. The molecule has 1 spiro atoms. The van der Waals surface area contributed by atoms with E-state index in [4.69, 9.17) is 4.74 Å². The van der Waals surface area contributed by atoms with Crippen molar-refractivity contribution in [2.24, 2.45) is 0 Å². The first-order chi connectivity index (χ1) is 7.90. The molecule has 2 heterocycles. The predicted octanol–water partition coefficient (Wildman–Crippen LogP) is 1.65. The minimum Gasteiger partial charge on any atom is -0.340 e. The number of carbonyl (C=O) groups is 1. The van der Waals surface area contributed by atoms with Crippen LogP contribution in [0.25, 0.3) is 0 Å². The van der Waals surface area contributed by atoms with Crippen molar-refractivity contribution < 1.29 is 14.7 Å². The molecule has 0 saturated carbocycles. The van der Waals surface area contributed by atoms with Gasteiger partial charge in [0.2, 0.25) is 0 Å². The van der Waals surface area contributed by atoms with Crippen molar-refractivity contribution in [3.05, 3.63) is 0 Å². The Hall–Kier alpha value is -0.650. The lowest BCUT2D eigenvalue weighted by Crippen LogP contribution is -2.67. The minimum absolute atomic E-state index is 0.0829. The van der Waals surface area contributed by atoms with Gasteiger partial charge in [0.1, 0.15) is 11.3 Å². The summed E-state index contributed by atoms with van der Waals surface area (Å²) in [5.74, 6) is -0.0829. The van der Waals surface area contributed by atoms with Gasteiger partial charge in [-0.2, -0.15) is 5.06 Å². The lowest BCUT2D eigenvalue weighted by molar-refractivity contribution is -0.286. The molecule has 104 valence electrons. The van der Waals surface area contributed by atoms with Crippen LogP contribution in [0.3, 0.4) is 0 Å². The zero-order chi connectivity index (χ0) is 14.0. The zero-order valence-electron chi connectivity index (χ0n) is 12.1. The highest BCUT2D eigenvalue weighted by atomic mass is 16.6. The Balaban J connectivity index is 2.35. The summed E-state index contributed by atoms with van der Waals surface area (Å²) in [6, 6.07) is 0. The van der Waals surface area contributed by atoms with E-state index in [2.05, 4.69) is 5.32 Å². The van der Waals surface area contributed by atoms with Gasteiger partial charge in [-0.25, -0.2) is 0 Å². The van der Waals surface area contributed by atoms with Crippen molar-refractivity contribution in [1.82, 2.24) is 10.4 Å². The van der Waals surface area contributed by atoms with Crippen molar-refractivity contribution in [2.45, 2.75) is 76.8 Å². The third kappa shape index (κ3) is 1.94. The van der Waals surface area contributed by atoms with Crippen molar-refractivity contribution in [3.8, 4) is 0 Å². The Morgan fingerprint density at radius 3 is 1.89 bits per heavy atom. The molecule has 2 aliphatic rings. The van der Waals surface area contributed by atoms with Crippen molar-refractivity contribution >= 4 is 5.91 Å². The summed E-state index contributed by atoms with van der Waals surface area (Å²) in [4.78, 5) is 12.0. The van der Waals surface area contributed by atoms with Gasteiger partial charge in [-0.3, -0.25) is 4.79 Å². The SMILES string of the molecule is CC1(C)OC2(CC(C)(C)N(O)C(C)(C)C2)NC1=O. The number of amides is 1. The summed E-state index contributed by atoms with van der Waals surface area (Å²) in [5.41, 5.74) is -2.37. The minimum atomic E-state index is -0.802. The highest BCUT2D eigenvalue weighted by Crippen LogP contribution is 2.46. The topological polar surface area (TPSA) is 61.8 Å². The van der Waals surface area contributed by atoms with Crippen LogP contribution in [0.4, 0.5) is 0 Å². The largest absolute Gasteiger partial charge is 0.340 e. The zero-order valence-corrected chi connectivity index (χ0v) is 12.1. The van der Waals surface area contributed by atoms with Crippen molar-refractivity contribution in [3.63, 3.8) is 0 Å². The average molecular weight is 256 g/mol. The summed E-state index contributed by atoms with van der Waals surface area (Å²) in [5, 5.41) is 14.6. The molecular weight excluding hydrogens is 232 g/mol. The van der Waals surface area contributed by atoms with Crippen LogP contribution in [0.5, 0.6) is 0 Å². The van der Waals surface area contributed by atoms with Crippen LogP contribution in [0.15, 0.2) is 0 Å². The summed E-state index contributed by atoms with van der Waals surface area (Å²) in [6.07, 6.45) is 1.13. The molecule has 0 unspecified atom stereocenters. The van der Waals surface area contributed by atoms with Gasteiger partial charge in [-0.1, -0.05) is 0 Å². The normalized spacial score (nSPS) is 32.5. The van der Waals surface area contributed by atoms with Crippen LogP contribution in [-0.4, -0.2) is 38.6 Å². The highest BCUT2D eigenvalue weighted by molar-refractivity contribution is 5.86. The molecule has 0 bridgehead atoms. The third-order valence-corrected chi connectivity index (χ3v) is 3.92. The van der Waals surface area contributed by atoms with Crippen molar-refractivity contribution in [1.29, 1.82) is 0 Å². The number of hydrogen-bond donors (Lipinski definition) is 2. The Morgan fingerprint density at radius 2 is 1.56 bits per heavy atom. The predicted molar refractivity (Wildman–Crippen MR) is 67.1 cm³/mol. The molecule has 0 aliphatic carbocycles. The van der Waals surface area contributed by atoms with E-state index in [9.17, 15) is 10.0 Å². The number of hydrogen-bond acceptors (Lipinski definition) is 4. The van der Waals surface area contributed by atoms with Crippen LogP contribution >= 0.6 is 0 Å². The molecule has 0 atom stereocenters. The average Bonchev–Trinajstić information content (AvgIpc) is 2.31. The molecule has 2 aliphatic heterocycles. The molecule has 2 fully saturated rings. The first-order valence-corrected chi connectivity index (χ1v) is 6.42. The number of nitrogens with zero attached hydrogens (tertiary/aromatic N) is 1. The van der Waals surface area contributed by atoms with Gasteiger partial charge >= 0.3 is 0 Å². The van der Waals surface area contributed by atoms with Crippen LogP contribution in [-0.2, 0) is 9.53 Å². The molecule has 0 radical (unpaired) electrons. The smallest absolute Gasteiger partial charge is 0.253 e. The van der Waals surface area contributed by atoms with Gasteiger partial charge in [-0.15, -0.1) is 0 Å². The molecular formula is C13H24N2O3. The lowest BCUT2D eigenvalue weighted by atomic mass is 9.76. The standard InChI is InChI=1S/C13H24N2O3/c1-10(2)7-13(8-11(3,4)15(10)17)14-9(16)12(5,6)18-13/h17H,7-8H2,1-6H3,(H,14,16). The quantitative estimate of drug-likeness (QED) is 0.692. The molecule has 0 aromatic rings. The molecule has 0 aromatic carbocycles. The van der Waals surface area contributed by atoms with Gasteiger partial charge in [0, 0.05) is 23.9 Å². The van der Waals surface area contributed by atoms with E-state index in [1.807, 2.05) is 27.7 Å². The maximum atomic E-state index is 12.0. The lowest BCUT2D eigenvalue weighted by Gasteiger charge is -2.54. The highest BCUT2D eigenvalue weighted by Gasteiger charge is 2.59. The fourth-order valence-electron chi connectivity index (χ4n) is 3.51. The number of ether oxygens (including phenoxy) is 1. The number of carbonyl (C=O) groups excluding carboxylic acids is 1. The van der Waals surface area contributed by atoms with Crippen LogP contribution in [0, 0.1) is 0 Å². The van der Waals surface area contributed by atoms with Crippen LogP contribution in [0.2, 0.25) is 0 Å². The second-order valence-corrected chi connectivity index (χ2v) is 7.35. The number of piperidine rings is 1. The summed E-state index contributed by atoms with van der Waals surface area (Å²) in [6.45, 7) is 11.4. The number of hydroxylamine groups is 2. The molecule has 18 heavy (non-hydrogen) atoms. The van der Waals surface area contributed by atoms with Crippen molar-refractivity contribution in [2.75, 3.05) is 0 Å². The first kappa shape index (κ1) is 13.8. The maximum Gasteiger partial charge on any atom is 0.253 e. The van der Waals surface area contributed by atoms with Gasteiger partial charge in [0.05, 0.1) is 0 Å². The van der Waals surface area contributed by atoms with Gasteiger partial charge in [-0.05, 0) is 41.5 Å². The fourth-order valence-corrected chi connectivity index (χ4v) is 3.51. The van der Waals surface area contributed by atoms with E-state index >= 15 is 0 Å². The molecule has 5 nitrogen and oxygen atoms in total. The molecule has 1 amide bonds. The summed E-state index contributed by atoms with van der Waals surface area (Å²) >= 11 is 0. The molecule has 0 aromatic heterocycles. The van der Waals surface area contributed by atoms with E-state index < -0.39 is 22.4 Å². The molecule has 2 rings (SSSR count). The second-order valence-electron chi connectivity index (χ2n) is 7.35. The molecule has 2 N–H and O–H groups in total. The Morgan fingerprint density at radius 1 is 1.11 bits per heavy atom. The first-order valence-electron chi connectivity index (χ1n) is 6.42. The van der Waals surface area contributed by atoms with E-state index in [1.165, 1.54) is 5.06 Å². The van der Waals surface area contributed by atoms with Gasteiger partial charge < -0.3 is 15.3 Å². The van der Waals surface area contributed by atoms with E-state index in [-0.39, 0.29) is 5.91 Å².